The molecule has 0 bridgehead atoms. The van der Waals surface area contributed by atoms with Crippen molar-refractivity contribution in [2.24, 2.45) is 0 Å². The van der Waals surface area contributed by atoms with Gasteiger partial charge < -0.3 is 15.2 Å². The Balaban J connectivity index is 1.51. The summed E-state index contributed by atoms with van der Waals surface area (Å²) in [6.45, 7) is 5.53. The number of carbonyl (C=O) groups excluding carboxylic acids is 1. The van der Waals surface area contributed by atoms with Crippen LogP contribution in [0.5, 0.6) is 0 Å². The summed E-state index contributed by atoms with van der Waals surface area (Å²) in [7, 11) is 0. The summed E-state index contributed by atoms with van der Waals surface area (Å²) in [6, 6.07) is 6.11. The number of amides is 1. The molecule has 0 spiro atoms. The zero-order chi connectivity index (χ0) is 15.5. The van der Waals surface area contributed by atoms with E-state index in [9.17, 15) is 4.79 Å². The molecule has 1 atom stereocenters. The summed E-state index contributed by atoms with van der Waals surface area (Å²) in [6.07, 6.45) is 5.42. The van der Waals surface area contributed by atoms with Gasteiger partial charge in [-0.3, -0.25) is 4.79 Å². The van der Waals surface area contributed by atoms with Crippen LogP contribution in [0.25, 0.3) is 0 Å². The van der Waals surface area contributed by atoms with Crippen molar-refractivity contribution >= 4 is 11.6 Å². The lowest BCUT2D eigenvalue weighted by molar-refractivity contribution is -0.121. The maximum Gasteiger partial charge on any atom is 0.242 e. The van der Waals surface area contributed by atoms with E-state index in [4.69, 9.17) is 0 Å². The molecule has 0 saturated heterocycles. The van der Waals surface area contributed by atoms with Gasteiger partial charge in [-0.2, -0.15) is 0 Å². The Morgan fingerprint density at radius 3 is 3.18 bits per heavy atom. The molecule has 1 aliphatic rings. The second-order valence-electron chi connectivity index (χ2n) is 5.74. The van der Waals surface area contributed by atoms with Crippen LogP contribution in [-0.4, -0.2) is 28.0 Å². The SMILES string of the molecule is CCc1nccn1CCNC(=O)C1Cc2cc(C)ccc2N1. The second kappa shape index (κ2) is 6.22. The highest BCUT2D eigenvalue weighted by Crippen LogP contribution is 2.26. The smallest absolute Gasteiger partial charge is 0.242 e. The van der Waals surface area contributed by atoms with E-state index in [1.54, 1.807) is 6.20 Å². The number of imidazole rings is 1. The van der Waals surface area contributed by atoms with E-state index in [0.717, 1.165) is 30.9 Å². The monoisotopic (exact) mass is 298 g/mol. The normalized spacial score (nSPS) is 16.2. The van der Waals surface area contributed by atoms with Crippen LogP contribution in [-0.2, 0) is 24.2 Å². The molecule has 0 aliphatic carbocycles. The van der Waals surface area contributed by atoms with Crippen LogP contribution in [0.3, 0.4) is 0 Å². The fourth-order valence-electron chi connectivity index (χ4n) is 2.93. The van der Waals surface area contributed by atoms with Gasteiger partial charge in [0.25, 0.3) is 0 Å². The fourth-order valence-corrected chi connectivity index (χ4v) is 2.93. The molecule has 1 aromatic heterocycles. The third-order valence-corrected chi connectivity index (χ3v) is 4.10. The van der Waals surface area contributed by atoms with Crippen molar-refractivity contribution in [1.82, 2.24) is 14.9 Å². The fraction of sp³-hybridized carbons (Fsp3) is 0.412. The van der Waals surface area contributed by atoms with Crippen LogP contribution in [0, 0.1) is 6.92 Å². The van der Waals surface area contributed by atoms with Crippen molar-refractivity contribution in [1.29, 1.82) is 0 Å². The molecule has 116 valence electrons. The summed E-state index contributed by atoms with van der Waals surface area (Å²) in [5.41, 5.74) is 3.53. The quantitative estimate of drug-likeness (QED) is 0.886. The molecule has 0 fully saturated rings. The Kier molecular flexibility index (Phi) is 4.13. The number of aryl methyl sites for hydroxylation is 2. The predicted molar refractivity (Wildman–Crippen MR) is 86.9 cm³/mol. The highest BCUT2D eigenvalue weighted by molar-refractivity contribution is 5.87. The van der Waals surface area contributed by atoms with Crippen molar-refractivity contribution in [3.05, 3.63) is 47.5 Å². The minimum atomic E-state index is -0.162. The lowest BCUT2D eigenvalue weighted by Gasteiger charge is -2.13. The number of nitrogens with one attached hydrogen (secondary N) is 2. The van der Waals surface area contributed by atoms with Crippen LogP contribution >= 0.6 is 0 Å². The summed E-state index contributed by atoms with van der Waals surface area (Å²) in [4.78, 5) is 16.6. The van der Waals surface area contributed by atoms with E-state index in [-0.39, 0.29) is 11.9 Å². The van der Waals surface area contributed by atoms with Gasteiger partial charge in [-0.1, -0.05) is 24.6 Å². The van der Waals surface area contributed by atoms with Crippen molar-refractivity contribution in [2.75, 3.05) is 11.9 Å². The molecule has 0 saturated carbocycles. The number of aromatic nitrogens is 2. The number of hydrogen-bond acceptors (Lipinski definition) is 3. The van der Waals surface area contributed by atoms with Crippen LogP contribution in [0.2, 0.25) is 0 Å². The molecular weight excluding hydrogens is 276 g/mol. The van der Waals surface area contributed by atoms with Gasteiger partial charge in [0.05, 0.1) is 0 Å². The van der Waals surface area contributed by atoms with Crippen molar-refractivity contribution in [2.45, 2.75) is 39.3 Å². The third kappa shape index (κ3) is 2.98. The van der Waals surface area contributed by atoms with E-state index < -0.39 is 0 Å². The highest BCUT2D eigenvalue weighted by atomic mass is 16.2. The third-order valence-electron chi connectivity index (χ3n) is 4.10. The minimum absolute atomic E-state index is 0.0621. The van der Waals surface area contributed by atoms with Crippen LogP contribution < -0.4 is 10.6 Å². The summed E-state index contributed by atoms with van der Waals surface area (Å²) in [5.74, 6) is 1.11. The zero-order valence-electron chi connectivity index (χ0n) is 13.1. The molecule has 22 heavy (non-hydrogen) atoms. The van der Waals surface area contributed by atoms with Crippen molar-refractivity contribution < 1.29 is 4.79 Å². The number of anilines is 1. The number of nitrogens with zero attached hydrogens (tertiary/aromatic N) is 2. The average molecular weight is 298 g/mol. The number of fused-ring (bicyclic) bond motifs is 1. The maximum absolute atomic E-state index is 12.3. The van der Waals surface area contributed by atoms with E-state index in [1.807, 2.05) is 6.20 Å². The number of benzene rings is 1. The molecule has 1 unspecified atom stereocenters. The zero-order valence-corrected chi connectivity index (χ0v) is 13.1. The van der Waals surface area contributed by atoms with Crippen LogP contribution in [0.15, 0.2) is 30.6 Å². The predicted octanol–water partition coefficient (Wildman–Crippen LogP) is 1.91. The van der Waals surface area contributed by atoms with E-state index >= 15 is 0 Å². The topological polar surface area (TPSA) is 59.0 Å². The van der Waals surface area contributed by atoms with Gasteiger partial charge in [0.2, 0.25) is 5.91 Å². The molecule has 0 radical (unpaired) electrons. The summed E-state index contributed by atoms with van der Waals surface area (Å²) in [5, 5.41) is 6.31. The Hall–Kier alpha value is -2.30. The molecule has 1 aromatic carbocycles. The van der Waals surface area contributed by atoms with E-state index in [1.165, 1.54) is 11.1 Å². The van der Waals surface area contributed by atoms with E-state index in [0.29, 0.717) is 6.54 Å². The summed E-state index contributed by atoms with van der Waals surface area (Å²) < 4.78 is 2.08. The average Bonchev–Trinajstić information content (AvgIpc) is 3.12. The molecule has 5 heteroatoms. The first-order chi connectivity index (χ1) is 10.7. The lowest BCUT2D eigenvalue weighted by Crippen LogP contribution is -2.39. The Morgan fingerprint density at radius 2 is 2.36 bits per heavy atom. The molecule has 2 aromatic rings. The minimum Gasteiger partial charge on any atom is -0.373 e. The molecule has 1 aliphatic heterocycles. The Morgan fingerprint density at radius 1 is 1.50 bits per heavy atom. The maximum atomic E-state index is 12.3. The first-order valence-electron chi connectivity index (χ1n) is 7.81. The van der Waals surface area contributed by atoms with Crippen LogP contribution in [0.4, 0.5) is 5.69 Å². The molecule has 5 nitrogen and oxygen atoms in total. The van der Waals surface area contributed by atoms with Crippen molar-refractivity contribution in [3.8, 4) is 0 Å². The van der Waals surface area contributed by atoms with Gasteiger partial charge in [0.15, 0.2) is 0 Å². The Bertz CT molecular complexity index is 677. The van der Waals surface area contributed by atoms with Gasteiger partial charge in [-0.25, -0.2) is 4.98 Å². The largest absolute Gasteiger partial charge is 0.373 e. The van der Waals surface area contributed by atoms with Gasteiger partial charge in [0.1, 0.15) is 11.9 Å². The van der Waals surface area contributed by atoms with Gasteiger partial charge >= 0.3 is 0 Å². The molecule has 3 rings (SSSR count). The van der Waals surface area contributed by atoms with Gasteiger partial charge in [-0.05, 0) is 18.6 Å². The number of rotatable bonds is 5. The van der Waals surface area contributed by atoms with Crippen molar-refractivity contribution in [3.63, 3.8) is 0 Å². The Labute approximate surface area is 130 Å². The number of hydrogen-bond donors (Lipinski definition) is 2. The first kappa shape index (κ1) is 14.6. The molecule has 2 heterocycles. The first-order valence-corrected chi connectivity index (χ1v) is 7.81. The molecular formula is C17H22N4O. The summed E-state index contributed by atoms with van der Waals surface area (Å²) >= 11 is 0. The van der Waals surface area contributed by atoms with Gasteiger partial charge in [-0.15, -0.1) is 0 Å². The molecule has 2 N–H and O–H groups in total. The van der Waals surface area contributed by atoms with Gasteiger partial charge in [0, 0.05) is 44.0 Å². The molecule has 1 amide bonds. The highest BCUT2D eigenvalue weighted by Gasteiger charge is 2.26. The number of carbonyl (C=O) groups is 1. The van der Waals surface area contributed by atoms with Crippen LogP contribution in [0.1, 0.15) is 23.9 Å². The van der Waals surface area contributed by atoms with E-state index in [2.05, 4.69) is 52.2 Å². The second-order valence-corrected chi connectivity index (χ2v) is 5.74. The standard InChI is InChI=1S/C17H22N4O/c1-3-16-18-6-8-21(16)9-7-19-17(22)15-11-13-10-12(2)4-5-14(13)20-15/h4-6,8,10,15,20H,3,7,9,11H2,1-2H3,(H,19,22). The lowest BCUT2D eigenvalue weighted by atomic mass is 10.1.